The molecule has 2 aliphatic heterocycles. The first-order valence-corrected chi connectivity index (χ1v) is 15.3. The lowest BCUT2D eigenvalue weighted by Gasteiger charge is -2.49. The normalized spacial score (nSPS) is 18.1. The van der Waals surface area contributed by atoms with Gasteiger partial charge in [0.2, 0.25) is 0 Å². The van der Waals surface area contributed by atoms with Gasteiger partial charge in [0.15, 0.2) is 0 Å². The minimum absolute atomic E-state index is 0.00626. The van der Waals surface area contributed by atoms with Gasteiger partial charge in [0.25, 0.3) is 5.56 Å². The number of likely N-dealkylation sites (tertiary alicyclic amines) is 1. The zero-order valence-corrected chi connectivity index (χ0v) is 25.3. The van der Waals surface area contributed by atoms with Crippen LogP contribution in [0.2, 0.25) is 0 Å². The summed E-state index contributed by atoms with van der Waals surface area (Å²) in [6, 6.07) is 11.2. The lowest BCUT2D eigenvalue weighted by molar-refractivity contribution is -0.137. The van der Waals surface area contributed by atoms with Crippen molar-refractivity contribution in [1.29, 1.82) is 0 Å². The summed E-state index contributed by atoms with van der Waals surface area (Å²) in [4.78, 5) is 21.3. The molecule has 5 nitrogen and oxygen atoms in total. The number of hydrogen-bond donors (Lipinski definition) is 0. The van der Waals surface area contributed by atoms with Gasteiger partial charge in [0.1, 0.15) is 0 Å². The number of hydrogen-bond acceptors (Lipinski definition) is 4. The number of nitrogens with zero attached hydrogens (tertiary/aromatic N) is 4. The molecule has 1 saturated heterocycles. The van der Waals surface area contributed by atoms with Crippen LogP contribution in [0.25, 0.3) is 10.9 Å². The summed E-state index contributed by atoms with van der Waals surface area (Å²) >= 11 is 0. The van der Waals surface area contributed by atoms with Crippen LogP contribution in [0.4, 0.5) is 13.2 Å². The third-order valence-electron chi connectivity index (χ3n) is 9.09. The van der Waals surface area contributed by atoms with Crippen LogP contribution in [0.3, 0.4) is 0 Å². The highest BCUT2D eigenvalue weighted by Gasteiger charge is 2.41. The fourth-order valence-electron chi connectivity index (χ4n) is 7.00. The number of unbranched alkanes of at least 4 members (excludes halogenated alkanes) is 1. The van der Waals surface area contributed by atoms with Crippen molar-refractivity contribution in [3.63, 3.8) is 0 Å². The molecule has 0 amide bonds. The second-order valence-electron chi connectivity index (χ2n) is 12.7. The monoisotopic (exact) mass is 580 g/mol. The molecule has 0 unspecified atom stereocenters. The predicted molar refractivity (Wildman–Crippen MR) is 162 cm³/mol. The molecule has 1 fully saturated rings. The molecule has 0 spiro atoms. The summed E-state index contributed by atoms with van der Waals surface area (Å²) in [5.41, 5.74) is 4.26. The third-order valence-corrected chi connectivity index (χ3v) is 9.09. The van der Waals surface area contributed by atoms with Crippen LogP contribution >= 0.6 is 0 Å². The van der Waals surface area contributed by atoms with Gasteiger partial charge in [-0.05, 0) is 79.4 Å². The van der Waals surface area contributed by atoms with E-state index < -0.39 is 11.7 Å². The topological polar surface area (TPSA) is 41.4 Å². The van der Waals surface area contributed by atoms with Gasteiger partial charge in [0.05, 0.1) is 11.1 Å². The van der Waals surface area contributed by atoms with Crippen molar-refractivity contribution in [3.05, 3.63) is 87.1 Å². The number of aromatic nitrogens is 2. The molecular formula is C34H43F3N4O. The molecule has 4 heterocycles. The van der Waals surface area contributed by atoms with Crippen LogP contribution in [0.15, 0.2) is 59.2 Å². The predicted octanol–water partition coefficient (Wildman–Crippen LogP) is 7.32. The Balaban J connectivity index is 1.38. The Labute approximate surface area is 247 Å². The molecule has 0 aliphatic carbocycles. The number of fused-ring (bicyclic) bond motifs is 2. The third kappa shape index (κ3) is 6.43. The smallest absolute Gasteiger partial charge is 0.370 e. The average molecular weight is 581 g/mol. The van der Waals surface area contributed by atoms with Gasteiger partial charge in [-0.25, -0.2) is 0 Å². The highest BCUT2D eigenvalue weighted by Crippen LogP contribution is 2.47. The number of benzene rings is 1. The van der Waals surface area contributed by atoms with Crippen molar-refractivity contribution in [2.45, 2.75) is 78.6 Å². The largest absolute Gasteiger partial charge is 0.417 e. The fourth-order valence-corrected chi connectivity index (χ4v) is 7.00. The van der Waals surface area contributed by atoms with Gasteiger partial charge in [0, 0.05) is 62.2 Å². The maximum absolute atomic E-state index is 13.5. The van der Waals surface area contributed by atoms with E-state index in [2.05, 4.69) is 59.8 Å². The van der Waals surface area contributed by atoms with Crippen LogP contribution in [0.5, 0.6) is 0 Å². The van der Waals surface area contributed by atoms with Crippen LogP contribution < -0.4 is 5.56 Å². The second kappa shape index (κ2) is 12.2. The average Bonchev–Trinajstić information content (AvgIpc) is 2.95. The van der Waals surface area contributed by atoms with Crippen LogP contribution in [-0.2, 0) is 32.7 Å². The Morgan fingerprint density at radius 1 is 1.10 bits per heavy atom. The van der Waals surface area contributed by atoms with E-state index in [9.17, 15) is 18.0 Å². The van der Waals surface area contributed by atoms with Crippen molar-refractivity contribution in [2.75, 3.05) is 19.6 Å². The van der Waals surface area contributed by atoms with E-state index in [4.69, 9.17) is 0 Å². The summed E-state index contributed by atoms with van der Waals surface area (Å²) in [6.07, 6.45) is 4.69. The minimum Gasteiger partial charge on any atom is -0.370 e. The Morgan fingerprint density at radius 3 is 2.52 bits per heavy atom. The number of halogens is 3. The van der Waals surface area contributed by atoms with E-state index >= 15 is 0 Å². The molecule has 3 aromatic rings. The van der Waals surface area contributed by atoms with Crippen molar-refractivity contribution in [2.24, 2.45) is 18.4 Å². The molecule has 2 aromatic heterocycles. The van der Waals surface area contributed by atoms with E-state index in [0.717, 1.165) is 81.1 Å². The number of aryl methyl sites for hydroxylation is 1. The van der Waals surface area contributed by atoms with Crippen LogP contribution in [0.1, 0.15) is 75.3 Å². The minimum atomic E-state index is -4.39. The standard InChI is InChI=1S/C34H43F3N4O/c1-5-6-7-31(41-15-12-29-27(23-41)19-28(21-38-29)34(35,36)37)33(20-24(2)3)13-16-40(17-14-33)22-25-8-9-26-10-11-32(42)39(4)30(26)18-25/h7-11,18-19,21,24H,5-6,12-17,20,22-23H2,1-4H3/b31-7+. The number of pyridine rings is 2. The summed E-state index contributed by atoms with van der Waals surface area (Å²) in [6.45, 7) is 10.7. The van der Waals surface area contributed by atoms with Crippen LogP contribution in [-0.4, -0.2) is 39.0 Å². The fraction of sp³-hybridized carbons (Fsp3) is 0.529. The Morgan fingerprint density at radius 2 is 1.83 bits per heavy atom. The molecule has 1 aromatic carbocycles. The Hall–Kier alpha value is -3.13. The molecule has 42 heavy (non-hydrogen) atoms. The summed E-state index contributed by atoms with van der Waals surface area (Å²) in [5, 5.41) is 1.06. The first kappa shape index (κ1) is 30.3. The lowest BCUT2D eigenvalue weighted by Crippen LogP contribution is -2.46. The number of piperidine rings is 1. The summed E-state index contributed by atoms with van der Waals surface area (Å²) in [5.74, 6) is 0.499. The van der Waals surface area contributed by atoms with Crippen molar-refractivity contribution in [1.82, 2.24) is 19.4 Å². The molecule has 2 aliphatic rings. The molecule has 8 heteroatoms. The number of allylic oxidation sites excluding steroid dienone is 2. The molecule has 5 rings (SSSR count). The first-order valence-electron chi connectivity index (χ1n) is 15.3. The quantitative estimate of drug-likeness (QED) is 0.280. The van der Waals surface area contributed by atoms with Gasteiger partial charge >= 0.3 is 6.18 Å². The number of alkyl halides is 3. The second-order valence-corrected chi connectivity index (χ2v) is 12.7. The maximum Gasteiger partial charge on any atom is 0.417 e. The van der Waals surface area contributed by atoms with E-state index in [-0.39, 0.29) is 11.0 Å². The SMILES string of the molecule is CCC/C=C(/N1CCc2ncc(C(F)(F)F)cc2C1)C1(CC(C)C)CCN(Cc2ccc3ccc(=O)n(C)c3c2)CC1. The van der Waals surface area contributed by atoms with Gasteiger partial charge < -0.3 is 9.47 Å². The lowest BCUT2D eigenvalue weighted by atomic mass is 9.69. The van der Waals surface area contributed by atoms with E-state index in [1.54, 1.807) is 10.6 Å². The maximum atomic E-state index is 13.5. The van der Waals surface area contributed by atoms with Crippen molar-refractivity contribution in [3.8, 4) is 0 Å². The van der Waals surface area contributed by atoms with Gasteiger partial charge in [-0.2, -0.15) is 13.2 Å². The molecule has 0 N–H and O–H groups in total. The molecular weight excluding hydrogens is 537 g/mol. The van der Waals surface area contributed by atoms with Gasteiger partial charge in [-0.1, -0.05) is 45.4 Å². The van der Waals surface area contributed by atoms with Gasteiger partial charge in [-0.3, -0.25) is 14.7 Å². The molecule has 0 saturated carbocycles. The van der Waals surface area contributed by atoms with Crippen molar-refractivity contribution < 1.29 is 13.2 Å². The van der Waals surface area contributed by atoms with E-state index in [1.165, 1.54) is 17.3 Å². The molecule has 0 bridgehead atoms. The summed E-state index contributed by atoms with van der Waals surface area (Å²) in [7, 11) is 1.82. The van der Waals surface area contributed by atoms with E-state index in [1.807, 2.05) is 13.1 Å². The first-order chi connectivity index (χ1) is 20.0. The zero-order chi connectivity index (χ0) is 30.1. The van der Waals surface area contributed by atoms with Crippen molar-refractivity contribution >= 4 is 10.9 Å². The molecule has 0 radical (unpaired) electrons. The highest BCUT2D eigenvalue weighted by molar-refractivity contribution is 5.79. The zero-order valence-electron chi connectivity index (χ0n) is 25.3. The number of rotatable bonds is 8. The summed E-state index contributed by atoms with van der Waals surface area (Å²) < 4.78 is 42.2. The molecule has 0 atom stereocenters. The Kier molecular flexibility index (Phi) is 8.83. The Bertz CT molecular complexity index is 1500. The highest BCUT2D eigenvalue weighted by atomic mass is 19.4. The van der Waals surface area contributed by atoms with Crippen LogP contribution in [0, 0.1) is 11.3 Å². The van der Waals surface area contributed by atoms with Gasteiger partial charge in [-0.15, -0.1) is 0 Å². The molecule has 226 valence electrons. The van der Waals surface area contributed by atoms with E-state index in [0.29, 0.717) is 24.4 Å².